The maximum Gasteiger partial charge on any atom is 0.271 e. The van der Waals surface area contributed by atoms with Gasteiger partial charge in [-0.3, -0.25) is 9.36 Å². The van der Waals surface area contributed by atoms with E-state index in [0.717, 1.165) is 12.8 Å². The quantitative estimate of drug-likeness (QED) is 0.774. The van der Waals surface area contributed by atoms with E-state index in [1.54, 1.807) is 13.1 Å². The van der Waals surface area contributed by atoms with Crippen LogP contribution in [0.4, 0.5) is 10.3 Å². The minimum Gasteiger partial charge on any atom is -0.342 e. The van der Waals surface area contributed by atoms with Gasteiger partial charge in [0, 0.05) is 37.2 Å². The second-order valence-electron chi connectivity index (χ2n) is 8.63. The molecule has 6 nitrogen and oxygen atoms in total. The van der Waals surface area contributed by atoms with E-state index in [4.69, 9.17) is 16.0 Å². The van der Waals surface area contributed by atoms with Crippen LogP contribution in [0.1, 0.15) is 44.7 Å². The van der Waals surface area contributed by atoms with Crippen molar-refractivity contribution in [3.63, 3.8) is 0 Å². The predicted octanol–water partition coefficient (Wildman–Crippen LogP) is 2.78. The maximum atomic E-state index is 14.3. The van der Waals surface area contributed by atoms with Gasteiger partial charge in [-0.05, 0) is 45.7 Å². The van der Waals surface area contributed by atoms with Gasteiger partial charge in [-0.15, -0.1) is 0 Å². The molecule has 0 bridgehead atoms. The fourth-order valence-electron chi connectivity index (χ4n) is 3.30. The molecule has 30 heavy (non-hydrogen) atoms. The molecule has 2 heterocycles. The summed E-state index contributed by atoms with van der Waals surface area (Å²) in [6, 6.07) is 6.18. The van der Waals surface area contributed by atoms with Crippen LogP contribution in [0.2, 0.25) is 0 Å². The molecule has 1 aliphatic rings. The van der Waals surface area contributed by atoms with Crippen LogP contribution in [-0.2, 0) is 7.05 Å². The van der Waals surface area contributed by atoms with Gasteiger partial charge in [0.25, 0.3) is 5.56 Å². The van der Waals surface area contributed by atoms with E-state index in [1.807, 2.05) is 31.7 Å². The molecule has 0 saturated carbocycles. The van der Waals surface area contributed by atoms with Gasteiger partial charge >= 0.3 is 0 Å². The van der Waals surface area contributed by atoms with Crippen molar-refractivity contribution in [2.75, 3.05) is 18.0 Å². The molecule has 1 saturated heterocycles. The maximum absolute atomic E-state index is 14.3. The number of nitrogens with zero attached hydrogens (tertiary/aromatic N) is 4. The Morgan fingerprint density at radius 3 is 2.50 bits per heavy atom. The van der Waals surface area contributed by atoms with Crippen molar-refractivity contribution in [1.82, 2.24) is 9.55 Å². The Balaban J connectivity index is 2.23. The minimum absolute atomic E-state index is 0.0600. The first kappa shape index (κ1) is 21.5. The summed E-state index contributed by atoms with van der Waals surface area (Å²) in [5.41, 5.74) is 6.30. The lowest BCUT2D eigenvalue weighted by molar-refractivity contribution is 0.490. The van der Waals surface area contributed by atoms with E-state index in [0.29, 0.717) is 30.3 Å². The third-order valence-corrected chi connectivity index (χ3v) is 5.02. The topological polar surface area (TPSA) is 87.9 Å². The summed E-state index contributed by atoms with van der Waals surface area (Å²) >= 11 is 0. The van der Waals surface area contributed by atoms with Gasteiger partial charge in [-0.2, -0.15) is 5.26 Å². The minimum atomic E-state index is -0.655. The second-order valence-corrected chi connectivity index (χ2v) is 8.63. The Hall–Kier alpha value is -3.16. The Morgan fingerprint density at radius 1 is 1.27 bits per heavy atom. The van der Waals surface area contributed by atoms with E-state index in [1.165, 1.54) is 16.7 Å². The number of benzene rings is 1. The van der Waals surface area contributed by atoms with Crippen LogP contribution in [0.15, 0.2) is 23.0 Å². The molecule has 0 unspecified atom stereocenters. The molecular weight excluding hydrogens is 381 g/mol. The van der Waals surface area contributed by atoms with E-state index in [9.17, 15) is 9.18 Å². The average Bonchev–Trinajstić information content (AvgIpc) is 2.69. The van der Waals surface area contributed by atoms with Crippen LogP contribution < -0.4 is 16.2 Å². The second kappa shape index (κ2) is 8.30. The Morgan fingerprint density at radius 2 is 1.93 bits per heavy atom. The zero-order valence-electron chi connectivity index (χ0n) is 17.8. The highest BCUT2D eigenvalue weighted by atomic mass is 19.1. The molecule has 156 valence electrons. The standard InChI is InChI=1S/C23H26FN5O/c1-23(2,3)10-7-18-20(15-5-6-16(14-25)19(24)13-15)27-22(28(4)21(18)30)29-11-8-17(26)9-12-29/h5-6,13,17H,8-9,11-12,26H2,1-4H3. The van der Waals surface area contributed by atoms with Gasteiger partial charge in [0.15, 0.2) is 0 Å². The van der Waals surface area contributed by atoms with Crippen molar-refractivity contribution in [2.45, 2.75) is 39.7 Å². The summed E-state index contributed by atoms with van der Waals surface area (Å²) in [6.45, 7) is 7.23. The highest BCUT2D eigenvalue weighted by Crippen LogP contribution is 2.26. The molecule has 0 atom stereocenters. The Bertz CT molecular complexity index is 1120. The number of aromatic nitrogens is 2. The highest BCUT2D eigenvalue weighted by Gasteiger charge is 2.23. The van der Waals surface area contributed by atoms with E-state index >= 15 is 0 Å². The molecule has 3 rings (SSSR count). The first-order valence-electron chi connectivity index (χ1n) is 9.95. The summed E-state index contributed by atoms with van der Waals surface area (Å²) < 4.78 is 15.8. The van der Waals surface area contributed by atoms with E-state index < -0.39 is 5.82 Å². The number of halogens is 1. The summed E-state index contributed by atoms with van der Waals surface area (Å²) in [7, 11) is 1.67. The third kappa shape index (κ3) is 4.53. The number of nitrogens with two attached hydrogens (primary N) is 1. The fourth-order valence-corrected chi connectivity index (χ4v) is 3.30. The number of piperidine rings is 1. The lowest BCUT2D eigenvalue weighted by Crippen LogP contribution is -2.42. The summed E-state index contributed by atoms with van der Waals surface area (Å²) in [5.74, 6) is 5.91. The molecule has 0 aliphatic carbocycles. The van der Waals surface area contributed by atoms with Crippen LogP contribution in [-0.4, -0.2) is 28.7 Å². The normalized spacial score (nSPS) is 14.8. The molecule has 2 aromatic rings. The van der Waals surface area contributed by atoms with Crippen LogP contribution in [0.5, 0.6) is 0 Å². The molecule has 1 fully saturated rings. The molecule has 1 aromatic carbocycles. The monoisotopic (exact) mass is 407 g/mol. The van der Waals surface area contributed by atoms with Gasteiger partial charge in [-0.1, -0.05) is 17.9 Å². The number of hydrogen-bond donors (Lipinski definition) is 1. The van der Waals surface area contributed by atoms with Crippen molar-refractivity contribution in [3.05, 3.63) is 45.5 Å². The van der Waals surface area contributed by atoms with Crippen molar-refractivity contribution < 1.29 is 4.39 Å². The lowest BCUT2D eigenvalue weighted by Gasteiger charge is -2.32. The fraction of sp³-hybridized carbons (Fsp3) is 0.435. The van der Waals surface area contributed by atoms with Gasteiger partial charge < -0.3 is 10.6 Å². The lowest BCUT2D eigenvalue weighted by atomic mass is 9.96. The van der Waals surface area contributed by atoms with Crippen LogP contribution in [0.25, 0.3) is 11.3 Å². The van der Waals surface area contributed by atoms with Gasteiger partial charge in [-0.25, -0.2) is 9.37 Å². The van der Waals surface area contributed by atoms with Crippen LogP contribution >= 0.6 is 0 Å². The molecule has 0 amide bonds. The van der Waals surface area contributed by atoms with Crippen molar-refractivity contribution in [1.29, 1.82) is 5.26 Å². The number of nitriles is 1. The number of hydrogen-bond acceptors (Lipinski definition) is 5. The zero-order chi connectivity index (χ0) is 22.1. The van der Waals surface area contributed by atoms with Gasteiger partial charge in [0.1, 0.15) is 17.4 Å². The molecule has 1 aliphatic heterocycles. The predicted molar refractivity (Wildman–Crippen MR) is 115 cm³/mol. The van der Waals surface area contributed by atoms with Crippen LogP contribution in [0.3, 0.4) is 0 Å². The van der Waals surface area contributed by atoms with Gasteiger partial charge in [0.2, 0.25) is 5.95 Å². The Kier molecular flexibility index (Phi) is 5.96. The number of rotatable bonds is 2. The molecule has 7 heteroatoms. The van der Waals surface area contributed by atoms with Crippen molar-refractivity contribution >= 4 is 5.95 Å². The first-order valence-corrected chi connectivity index (χ1v) is 9.95. The largest absolute Gasteiger partial charge is 0.342 e. The van der Waals surface area contributed by atoms with Gasteiger partial charge in [0.05, 0.1) is 11.3 Å². The average molecular weight is 407 g/mol. The summed E-state index contributed by atoms with van der Waals surface area (Å²) in [5, 5.41) is 9.03. The smallest absolute Gasteiger partial charge is 0.271 e. The SMILES string of the molecule is Cn1c(N2CCC(N)CC2)nc(-c2ccc(C#N)c(F)c2)c(C#CC(C)(C)C)c1=O. The molecule has 2 N–H and O–H groups in total. The Labute approximate surface area is 176 Å². The molecule has 0 spiro atoms. The highest BCUT2D eigenvalue weighted by molar-refractivity contribution is 5.69. The van der Waals surface area contributed by atoms with Crippen molar-refractivity contribution in [2.24, 2.45) is 18.2 Å². The van der Waals surface area contributed by atoms with Crippen molar-refractivity contribution in [3.8, 4) is 29.2 Å². The zero-order valence-corrected chi connectivity index (χ0v) is 17.8. The van der Waals surface area contributed by atoms with E-state index in [-0.39, 0.29) is 28.1 Å². The van der Waals surface area contributed by atoms with Crippen LogP contribution in [0, 0.1) is 34.4 Å². The molecular formula is C23H26FN5O. The molecule has 0 radical (unpaired) electrons. The summed E-state index contributed by atoms with van der Waals surface area (Å²) in [6.07, 6.45) is 1.62. The molecule has 1 aromatic heterocycles. The summed E-state index contributed by atoms with van der Waals surface area (Å²) in [4.78, 5) is 20.0. The number of anilines is 1. The van der Waals surface area contributed by atoms with E-state index in [2.05, 4.69) is 11.8 Å². The third-order valence-electron chi connectivity index (χ3n) is 5.02. The first-order chi connectivity index (χ1) is 14.1.